The Kier molecular flexibility index (Phi) is 5.23. The second-order valence-corrected chi connectivity index (χ2v) is 7.23. The molecule has 0 bridgehead atoms. The number of nitrogens with zero attached hydrogens (tertiary/aromatic N) is 2. The predicted molar refractivity (Wildman–Crippen MR) is 116 cm³/mol. The van der Waals surface area contributed by atoms with Crippen LogP contribution in [0.15, 0.2) is 70.8 Å². The smallest absolute Gasteiger partial charge is 0.276 e. The molecule has 0 unspecified atom stereocenters. The summed E-state index contributed by atoms with van der Waals surface area (Å²) in [5, 5.41) is 10.1. The average Bonchev–Trinajstić information content (AvgIpc) is 3.27. The fourth-order valence-electron chi connectivity index (χ4n) is 2.97. The Hall–Kier alpha value is -3.69. The SMILES string of the molecule is CCn1nc(C(=O)Nc2cccc(C#Cc3cccs3)c2)c2ccccc2c1=O. The zero-order valence-electron chi connectivity index (χ0n) is 15.7. The van der Waals surface area contributed by atoms with Crippen LogP contribution >= 0.6 is 11.3 Å². The van der Waals surface area contributed by atoms with Crippen LogP contribution in [0.3, 0.4) is 0 Å². The monoisotopic (exact) mass is 399 g/mol. The fourth-order valence-corrected chi connectivity index (χ4v) is 3.54. The quantitative estimate of drug-likeness (QED) is 0.527. The molecular weight excluding hydrogens is 382 g/mol. The van der Waals surface area contributed by atoms with E-state index in [1.54, 1.807) is 41.7 Å². The van der Waals surface area contributed by atoms with Crippen molar-refractivity contribution in [3.63, 3.8) is 0 Å². The minimum absolute atomic E-state index is 0.203. The molecule has 2 aromatic carbocycles. The highest BCUT2D eigenvalue weighted by Gasteiger charge is 2.16. The molecule has 1 N–H and O–H groups in total. The lowest BCUT2D eigenvalue weighted by Gasteiger charge is -2.10. The Bertz CT molecular complexity index is 1310. The van der Waals surface area contributed by atoms with Gasteiger partial charge in [-0.15, -0.1) is 11.3 Å². The number of anilines is 1. The van der Waals surface area contributed by atoms with Crippen LogP contribution in [0.5, 0.6) is 0 Å². The number of hydrogen-bond donors (Lipinski definition) is 1. The Morgan fingerprint density at radius 3 is 2.66 bits per heavy atom. The summed E-state index contributed by atoms with van der Waals surface area (Å²) < 4.78 is 1.31. The average molecular weight is 399 g/mol. The maximum Gasteiger partial charge on any atom is 0.276 e. The van der Waals surface area contributed by atoms with Gasteiger partial charge in [0.1, 0.15) is 0 Å². The van der Waals surface area contributed by atoms with Crippen molar-refractivity contribution in [2.24, 2.45) is 0 Å². The summed E-state index contributed by atoms with van der Waals surface area (Å²) >= 11 is 1.58. The maximum absolute atomic E-state index is 12.9. The molecule has 4 rings (SSSR count). The third-order valence-corrected chi connectivity index (χ3v) is 5.14. The molecule has 0 aliphatic heterocycles. The predicted octanol–water partition coefficient (Wildman–Crippen LogP) is 4.13. The number of aryl methyl sites for hydroxylation is 1. The third kappa shape index (κ3) is 3.96. The summed E-state index contributed by atoms with van der Waals surface area (Å²) in [6.07, 6.45) is 0. The molecule has 0 fully saturated rings. The van der Waals surface area contributed by atoms with Gasteiger partial charge in [0.05, 0.1) is 10.3 Å². The Labute approximate surface area is 171 Å². The number of aromatic nitrogens is 2. The molecular formula is C23H17N3O2S. The number of fused-ring (bicyclic) bond motifs is 1. The summed E-state index contributed by atoms with van der Waals surface area (Å²) in [5.41, 5.74) is 1.43. The molecule has 0 radical (unpaired) electrons. The molecule has 5 nitrogen and oxygen atoms in total. The highest BCUT2D eigenvalue weighted by molar-refractivity contribution is 7.10. The Balaban J connectivity index is 1.66. The van der Waals surface area contributed by atoms with Crippen LogP contribution in [0, 0.1) is 11.8 Å². The van der Waals surface area contributed by atoms with E-state index in [1.165, 1.54) is 4.68 Å². The molecule has 0 aliphatic rings. The van der Waals surface area contributed by atoms with Gasteiger partial charge in [0.25, 0.3) is 11.5 Å². The third-order valence-electron chi connectivity index (χ3n) is 4.35. The fraction of sp³-hybridized carbons (Fsp3) is 0.0870. The minimum atomic E-state index is -0.369. The molecule has 2 aromatic heterocycles. The molecule has 2 heterocycles. The van der Waals surface area contributed by atoms with Crippen LogP contribution in [0.25, 0.3) is 10.8 Å². The standard InChI is InChI=1S/C23H17N3O2S/c1-2-26-23(28)20-11-4-3-10-19(20)21(25-26)22(27)24-17-8-5-7-16(15-17)12-13-18-9-6-14-29-18/h3-11,14-15H,2H2,1H3,(H,24,27). The summed E-state index contributed by atoms with van der Waals surface area (Å²) in [6, 6.07) is 18.3. The summed E-state index contributed by atoms with van der Waals surface area (Å²) in [5.74, 6) is 5.84. The molecule has 0 saturated heterocycles. The van der Waals surface area contributed by atoms with Gasteiger partial charge in [-0.05, 0) is 42.6 Å². The first-order chi connectivity index (χ1) is 14.2. The van der Waals surface area contributed by atoms with E-state index in [-0.39, 0.29) is 17.2 Å². The number of hydrogen-bond acceptors (Lipinski definition) is 4. The van der Waals surface area contributed by atoms with Crippen LogP contribution < -0.4 is 10.9 Å². The van der Waals surface area contributed by atoms with Crippen LogP contribution in [0.1, 0.15) is 27.9 Å². The van der Waals surface area contributed by atoms with E-state index >= 15 is 0 Å². The first-order valence-corrected chi connectivity index (χ1v) is 10.0. The van der Waals surface area contributed by atoms with Crippen LogP contribution in [-0.4, -0.2) is 15.7 Å². The summed E-state index contributed by atoms with van der Waals surface area (Å²) in [6.45, 7) is 2.21. The highest BCUT2D eigenvalue weighted by atomic mass is 32.1. The molecule has 1 amide bonds. The van der Waals surface area contributed by atoms with E-state index in [0.29, 0.717) is 23.0 Å². The van der Waals surface area contributed by atoms with Crippen LogP contribution in [0.2, 0.25) is 0 Å². The zero-order valence-corrected chi connectivity index (χ0v) is 16.5. The number of thiophene rings is 1. The Morgan fingerprint density at radius 2 is 1.90 bits per heavy atom. The molecule has 6 heteroatoms. The molecule has 142 valence electrons. The van der Waals surface area contributed by atoms with Crippen molar-refractivity contribution in [3.8, 4) is 11.8 Å². The van der Waals surface area contributed by atoms with Gasteiger partial charge in [-0.2, -0.15) is 5.10 Å². The summed E-state index contributed by atoms with van der Waals surface area (Å²) in [4.78, 5) is 26.4. The van der Waals surface area contributed by atoms with Gasteiger partial charge in [0.15, 0.2) is 5.69 Å². The van der Waals surface area contributed by atoms with Gasteiger partial charge in [0, 0.05) is 23.2 Å². The molecule has 4 aromatic rings. The van der Waals surface area contributed by atoms with E-state index in [2.05, 4.69) is 22.3 Å². The first-order valence-electron chi connectivity index (χ1n) is 9.12. The van der Waals surface area contributed by atoms with E-state index in [9.17, 15) is 9.59 Å². The van der Waals surface area contributed by atoms with Crippen molar-refractivity contribution in [1.29, 1.82) is 0 Å². The van der Waals surface area contributed by atoms with Gasteiger partial charge in [-0.1, -0.05) is 42.2 Å². The van der Waals surface area contributed by atoms with E-state index in [0.717, 1.165) is 10.4 Å². The molecule has 0 spiro atoms. The molecule has 0 aliphatic carbocycles. The van der Waals surface area contributed by atoms with E-state index in [4.69, 9.17) is 0 Å². The van der Waals surface area contributed by atoms with Crippen molar-refractivity contribution in [1.82, 2.24) is 9.78 Å². The van der Waals surface area contributed by atoms with Gasteiger partial charge in [-0.25, -0.2) is 4.68 Å². The maximum atomic E-state index is 12.9. The normalized spacial score (nSPS) is 10.4. The van der Waals surface area contributed by atoms with Crippen molar-refractivity contribution in [3.05, 3.63) is 92.5 Å². The lowest BCUT2D eigenvalue weighted by Crippen LogP contribution is -2.27. The number of rotatable bonds is 3. The highest BCUT2D eigenvalue weighted by Crippen LogP contribution is 2.17. The number of nitrogens with one attached hydrogen (secondary N) is 1. The minimum Gasteiger partial charge on any atom is -0.321 e. The second-order valence-electron chi connectivity index (χ2n) is 6.28. The largest absolute Gasteiger partial charge is 0.321 e. The van der Waals surface area contributed by atoms with Crippen molar-refractivity contribution >= 4 is 33.7 Å². The van der Waals surface area contributed by atoms with E-state index < -0.39 is 0 Å². The van der Waals surface area contributed by atoms with Crippen molar-refractivity contribution < 1.29 is 4.79 Å². The molecule has 0 saturated carbocycles. The number of carbonyl (C=O) groups excluding carboxylic acids is 1. The van der Waals surface area contributed by atoms with Gasteiger partial charge in [-0.3, -0.25) is 9.59 Å². The Morgan fingerprint density at radius 1 is 1.07 bits per heavy atom. The topological polar surface area (TPSA) is 64.0 Å². The van der Waals surface area contributed by atoms with Crippen LogP contribution in [0.4, 0.5) is 5.69 Å². The molecule has 0 atom stereocenters. The lowest BCUT2D eigenvalue weighted by molar-refractivity contribution is 0.102. The number of amides is 1. The number of benzene rings is 2. The lowest BCUT2D eigenvalue weighted by atomic mass is 10.1. The van der Waals surface area contributed by atoms with Gasteiger partial charge in [0.2, 0.25) is 0 Å². The van der Waals surface area contributed by atoms with E-state index in [1.807, 2.05) is 42.6 Å². The van der Waals surface area contributed by atoms with Gasteiger partial charge < -0.3 is 5.32 Å². The second kappa shape index (κ2) is 8.13. The zero-order chi connectivity index (χ0) is 20.2. The number of carbonyl (C=O) groups is 1. The van der Waals surface area contributed by atoms with Crippen molar-refractivity contribution in [2.75, 3.05) is 5.32 Å². The summed E-state index contributed by atoms with van der Waals surface area (Å²) in [7, 11) is 0. The van der Waals surface area contributed by atoms with Gasteiger partial charge >= 0.3 is 0 Å². The first kappa shape index (κ1) is 18.7. The van der Waals surface area contributed by atoms with Crippen LogP contribution in [-0.2, 0) is 6.54 Å². The van der Waals surface area contributed by atoms with Crippen molar-refractivity contribution in [2.45, 2.75) is 13.5 Å². The molecule has 29 heavy (non-hydrogen) atoms.